The fraction of sp³-hybridized carbons (Fsp3) is 0.191. The summed E-state index contributed by atoms with van der Waals surface area (Å²) in [7, 11) is 0. The van der Waals surface area contributed by atoms with Crippen LogP contribution in [0.4, 0.5) is 0 Å². The highest BCUT2D eigenvalue weighted by Crippen LogP contribution is 2.62. The van der Waals surface area contributed by atoms with Gasteiger partial charge in [0.05, 0.1) is 22.1 Å². The van der Waals surface area contributed by atoms with Crippen molar-refractivity contribution < 1.29 is 4.74 Å². The van der Waals surface area contributed by atoms with Crippen molar-refractivity contribution in [2.45, 2.75) is 49.4 Å². The average Bonchev–Trinajstić information content (AvgIpc) is 3.30. The molecule has 1 fully saturated rings. The minimum atomic E-state index is -0.495. The van der Waals surface area contributed by atoms with Crippen LogP contribution in [0.5, 0.6) is 5.75 Å². The van der Waals surface area contributed by atoms with E-state index in [9.17, 15) is 0 Å². The van der Waals surface area contributed by atoms with Crippen LogP contribution >= 0.6 is 0 Å². The van der Waals surface area contributed by atoms with Gasteiger partial charge in [0, 0.05) is 16.3 Å². The van der Waals surface area contributed by atoms with E-state index in [1.807, 2.05) is 0 Å². The monoisotopic (exact) mass is 631 g/mol. The third kappa shape index (κ3) is 3.47. The molecule has 3 aliphatic carbocycles. The highest BCUT2D eigenvalue weighted by atomic mass is 16.5. The van der Waals surface area contributed by atoms with Crippen molar-refractivity contribution in [1.82, 2.24) is 4.57 Å². The second kappa shape index (κ2) is 9.86. The van der Waals surface area contributed by atoms with E-state index >= 15 is 0 Å². The molecular weight excluding hydrogens is 595 g/mol. The number of rotatable bonds is 1. The molecule has 11 rings (SSSR count). The molecule has 5 aliphatic rings. The molecule has 6 aromatic rings. The number of aromatic nitrogens is 1. The lowest BCUT2D eigenvalue weighted by atomic mass is 9.57. The maximum atomic E-state index is 7.23. The molecule has 4 atom stereocenters. The molecule has 0 bridgehead atoms. The van der Waals surface area contributed by atoms with E-state index in [2.05, 4.69) is 157 Å². The van der Waals surface area contributed by atoms with Gasteiger partial charge < -0.3 is 9.30 Å². The first-order valence-corrected chi connectivity index (χ1v) is 18.0. The molecule has 236 valence electrons. The number of para-hydroxylation sites is 4. The molecule has 1 aromatic heterocycles. The van der Waals surface area contributed by atoms with E-state index in [4.69, 9.17) is 4.74 Å². The lowest BCUT2D eigenvalue weighted by Gasteiger charge is -2.48. The lowest BCUT2D eigenvalue weighted by molar-refractivity contribution is 0.220. The van der Waals surface area contributed by atoms with E-state index in [0.717, 1.165) is 30.8 Å². The summed E-state index contributed by atoms with van der Waals surface area (Å²) in [5.41, 5.74) is 13.0. The number of allylic oxidation sites excluding steroid dienone is 6. The number of ether oxygens (including phenoxy) is 1. The number of fused-ring (bicyclic) bond motifs is 13. The van der Waals surface area contributed by atoms with Crippen molar-refractivity contribution in [3.8, 4) is 11.4 Å². The Bertz CT molecular complexity index is 2520. The van der Waals surface area contributed by atoms with E-state index in [1.165, 1.54) is 72.9 Å². The summed E-state index contributed by atoms with van der Waals surface area (Å²) in [5.74, 6) is 2.97. The van der Waals surface area contributed by atoms with Crippen molar-refractivity contribution in [1.29, 1.82) is 0 Å². The van der Waals surface area contributed by atoms with Crippen LogP contribution in [0.15, 0.2) is 151 Å². The van der Waals surface area contributed by atoms with Crippen LogP contribution in [0, 0.1) is 5.92 Å². The predicted octanol–water partition coefficient (Wildman–Crippen LogP) is 11.5. The molecule has 0 radical (unpaired) electrons. The summed E-state index contributed by atoms with van der Waals surface area (Å²) in [6.07, 6.45) is 18.0. The Morgan fingerprint density at radius 1 is 0.714 bits per heavy atom. The van der Waals surface area contributed by atoms with Gasteiger partial charge in [-0.05, 0) is 94.5 Å². The molecule has 1 spiro atoms. The molecule has 4 unspecified atom stereocenters. The molecule has 0 amide bonds. The molecule has 5 aromatic carbocycles. The molecule has 3 heterocycles. The van der Waals surface area contributed by atoms with E-state index in [-0.39, 0.29) is 5.41 Å². The minimum Gasteiger partial charge on any atom is -0.457 e. The first-order valence-electron chi connectivity index (χ1n) is 18.0. The van der Waals surface area contributed by atoms with Crippen LogP contribution in [0.25, 0.3) is 33.6 Å². The summed E-state index contributed by atoms with van der Waals surface area (Å²) in [6.45, 7) is 2.50. The predicted molar refractivity (Wildman–Crippen MR) is 201 cm³/mol. The molecule has 2 heteroatoms. The average molecular weight is 632 g/mol. The van der Waals surface area contributed by atoms with Crippen LogP contribution in [0.2, 0.25) is 0 Å². The van der Waals surface area contributed by atoms with Gasteiger partial charge in [-0.25, -0.2) is 0 Å². The minimum absolute atomic E-state index is 0.162. The van der Waals surface area contributed by atoms with E-state index in [0.29, 0.717) is 11.8 Å². The first kappa shape index (κ1) is 27.6. The quantitative estimate of drug-likeness (QED) is 0.176. The zero-order chi connectivity index (χ0) is 32.3. The first-order chi connectivity index (χ1) is 24.2. The zero-order valence-electron chi connectivity index (χ0n) is 27.7. The second-order valence-corrected chi connectivity index (χ2v) is 14.9. The Morgan fingerprint density at radius 2 is 1.49 bits per heavy atom. The van der Waals surface area contributed by atoms with Crippen LogP contribution in [-0.4, -0.2) is 4.57 Å². The van der Waals surface area contributed by atoms with E-state index in [1.54, 1.807) is 0 Å². The SMILES string of the molecule is CC12CCC(c3cccc4c3OC3=C(CC=CC=C3)C43c4ccccc4-n4c5ccccc5c5cccc3c54)CC1C=Cc1ccccc12. The second-order valence-electron chi connectivity index (χ2n) is 14.9. The van der Waals surface area contributed by atoms with Crippen molar-refractivity contribution >= 4 is 27.9 Å². The van der Waals surface area contributed by atoms with Crippen molar-refractivity contribution in [2.24, 2.45) is 5.92 Å². The third-order valence-electron chi connectivity index (χ3n) is 12.8. The Labute approximate surface area is 287 Å². The van der Waals surface area contributed by atoms with Crippen LogP contribution in [0.3, 0.4) is 0 Å². The topological polar surface area (TPSA) is 14.2 Å². The zero-order valence-corrected chi connectivity index (χ0v) is 27.7. The smallest absolute Gasteiger partial charge is 0.135 e. The lowest BCUT2D eigenvalue weighted by Crippen LogP contribution is -2.40. The number of benzene rings is 5. The number of hydrogen-bond acceptors (Lipinski definition) is 1. The van der Waals surface area contributed by atoms with Crippen LogP contribution in [-0.2, 0) is 10.8 Å². The highest BCUT2D eigenvalue weighted by Gasteiger charge is 2.52. The molecule has 49 heavy (non-hydrogen) atoms. The molecule has 2 nitrogen and oxygen atoms in total. The van der Waals surface area contributed by atoms with Gasteiger partial charge in [-0.15, -0.1) is 0 Å². The highest BCUT2D eigenvalue weighted by molar-refractivity contribution is 6.12. The largest absolute Gasteiger partial charge is 0.457 e. The van der Waals surface area contributed by atoms with E-state index < -0.39 is 5.41 Å². The molecule has 1 saturated carbocycles. The number of hydrogen-bond donors (Lipinski definition) is 0. The van der Waals surface area contributed by atoms with Gasteiger partial charge in [-0.2, -0.15) is 0 Å². The van der Waals surface area contributed by atoms with Gasteiger partial charge in [0.15, 0.2) is 0 Å². The molecule has 0 N–H and O–H groups in total. The maximum Gasteiger partial charge on any atom is 0.135 e. The van der Waals surface area contributed by atoms with Crippen molar-refractivity contribution in [3.63, 3.8) is 0 Å². The Hall–Kier alpha value is -5.34. The molecule has 2 aliphatic heterocycles. The van der Waals surface area contributed by atoms with Crippen LogP contribution < -0.4 is 4.74 Å². The Morgan fingerprint density at radius 3 is 2.45 bits per heavy atom. The summed E-state index contributed by atoms with van der Waals surface area (Å²) in [4.78, 5) is 0. The molecular formula is C47H37NO. The number of nitrogens with zero attached hydrogens (tertiary/aromatic N) is 1. The fourth-order valence-electron chi connectivity index (χ4n) is 10.6. The summed E-state index contributed by atoms with van der Waals surface area (Å²) < 4.78 is 9.76. The summed E-state index contributed by atoms with van der Waals surface area (Å²) in [5, 5.41) is 2.61. The van der Waals surface area contributed by atoms with Crippen molar-refractivity contribution in [2.75, 3.05) is 0 Å². The summed E-state index contributed by atoms with van der Waals surface area (Å²) >= 11 is 0. The normalized spacial score (nSPS) is 25.7. The van der Waals surface area contributed by atoms with Crippen molar-refractivity contribution in [3.05, 3.63) is 184 Å². The Kier molecular flexibility index (Phi) is 5.55. The van der Waals surface area contributed by atoms with Gasteiger partial charge in [0.2, 0.25) is 0 Å². The van der Waals surface area contributed by atoms with Gasteiger partial charge >= 0.3 is 0 Å². The fourth-order valence-corrected chi connectivity index (χ4v) is 10.6. The molecule has 0 saturated heterocycles. The standard InChI is InChI=1S/C47H37NO/c1-46-28-27-31(29-32(46)26-25-30-13-5-7-17-36(30)46)33-15-11-21-40-45(33)49-43-24-4-2-3-19-38(43)47(40)37-18-8-10-23-42(37)48-41-22-9-6-14-34(41)35-16-12-20-39(47)44(35)48/h2-18,20-26,31-32H,19,27-29H2,1H3. The van der Waals surface area contributed by atoms with Gasteiger partial charge in [0.1, 0.15) is 11.5 Å². The van der Waals surface area contributed by atoms with Gasteiger partial charge in [-0.3, -0.25) is 0 Å². The third-order valence-corrected chi connectivity index (χ3v) is 12.8. The maximum absolute atomic E-state index is 7.23. The van der Waals surface area contributed by atoms with Gasteiger partial charge in [0.25, 0.3) is 0 Å². The van der Waals surface area contributed by atoms with Gasteiger partial charge in [-0.1, -0.05) is 134 Å². The van der Waals surface area contributed by atoms with Crippen LogP contribution in [0.1, 0.15) is 71.9 Å². The summed E-state index contributed by atoms with van der Waals surface area (Å²) in [6, 6.07) is 41.1. The Balaban J connectivity index is 1.18.